The van der Waals surface area contributed by atoms with Gasteiger partial charge < -0.3 is 10.3 Å². The first-order valence-electron chi connectivity index (χ1n) is 8.50. The Morgan fingerprint density at radius 1 is 1.16 bits per heavy atom. The molecule has 4 rings (SSSR count). The molecule has 0 amide bonds. The Morgan fingerprint density at radius 2 is 1.88 bits per heavy atom. The zero-order valence-corrected chi connectivity index (χ0v) is 16.0. The topological polar surface area (TPSA) is 47.1 Å². The van der Waals surface area contributed by atoms with Crippen molar-refractivity contribution in [1.82, 2.24) is 14.5 Å². The molecule has 1 fully saturated rings. The summed E-state index contributed by atoms with van der Waals surface area (Å²) < 4.78 is 16.6. The number of hydrogen-bond acceptors (Lipinski definition) is 3. The van der Waals surface area contributed by atoms with Gasteiger partial charge in [-0.3, -0.25) is 4.90 Å². The maximum absolute atomic E-state index is 14.0. The average molecular weight is 450 g/mol. The Balaban J connectivity index is 1.52. The smallest absolute Gasteiger partial charge is 0.201 e. The van der Waals surface area contributed by atoms with E-state index in [0.717, 1.165) is 43.5 Å². The number of aromatic nitrogens is 2. The molecule has 0 radical (unpaired) electrons. The second-order valence-electron chi connectivity index (χ2n) is 6.59. The van der Waals surface area contributed by atoms with Gasteiger partial charge in [-0.2, -0.15) is 0 Å². The Morgan fingerprint density at radius 3 is 2.60 bits per heavy atom. The van der Waals surface area contributed by atoms with Gasteiger partial charge in [0.05, 0.1) is 14.6 Å². The summed E-state index contributed by atoms with van der Waals surface area (Å²) in [6.07, 6.45) is 1.99. The highest BCUT2D eigenvalue weighted by Gasteiger charge is 2.24. The molecule has 2 N–H and O–H groups in total. The van der Waals surface area contributed by atoms with Crippen LogP contribution in [-0.4, -0.2) is 27.5 Å². The van der Waals surface area contributed by atoms with Gasteiger partial charge in [-0.05, 0) is 47.1 Å². The van der Waals surface area contributed by atoms with Gasteiger partial charge in [0.15, 0.2) is 0 Å². The normalized spacial score (nSPS) is 16.6. The number of nitrogen functional groups attached to an aromatic ring is 1. The van der Waals surface area contributed by atoms with E-state index in [2.05, 4.69) is 34.1 Å². The number of anilines is 1. The van der Waals surface area contributed by atoms with Crippen LogP contribution in [0, 0.1) is 9.39 Å². The molecule has 3 aromatic rings. The fraction of sp³-hybridized carbons (Fsp3) is 0.316. The standard InChI is InChI=1S/C19H20FIN4/c20-15-10-18-17(11-16(15)21)23-19(22)25(18)14-6-8-24(9-7-14)12-13-4-2-1-3-5-13/h1-5,10-11,14H,6-9,12H2,(H2,22,23). The van der Waals surface area contributed by atoms with E-state index in [1.165, 1.54) is 5.56 Å². The van der Waals surface area contributed by atoms with Crippen molar-refractivity contribution < 1.29 is 4.39 Å². The van der Waals surface area contributed by atoms with Gasteiger partial charge in [-0.1, -0.05) is 30.3 Å². The molecule has 0 unspecified atom stereocenters. The fourth-order valence-electron chi connectivity index (χ4n) is 3.67. The van der Waals surface area contributed by atoms with Gasteiger partial charge in [-0.15, -0.1) is 0 Å². The minimum atomic E-state index is -0.212. The van der Waals surface area contributed by atoms with Crippen molar-refractivity contribution in [2.45, 2.75) is 25.4 Å². The maximum Gasteiger partial charge on any atom is 0.201 e. The molecule has 0 aliphatic carbocycles. The van der Waals surface area contributed by atoms with Gasteiger partial charge in [0.2, 0.25) is 5.95 Å². The first-order valence-corrected chi connectivity index (χ1v) is 9.58. The van der Waals surface area contributed by atoms with Gasteiger partial charge in [-0.25, -0.2) is 9.37 Å². The second-order valence-corrected chi connectivity index (χ2v) is 7.75. The summed E-state index contributed by atoms with van der Waals surface area (Å²) in [4.78, 5) is 6.90. The predicted molar refractivity (Wildman–Crippen MR) is 107 cm³/mol. The molecule has 0 spiro atoms. The van der Waals surface area contributed by atoms with Crippen LogP contribution < -0.4 is 5.73 Å². The average Bonchev–Trinajstić information content (AvgIpc) is 2.92. The Labute approximate surface area is 160 Å². The first kappa shape index (κ1) is 16.8. The first-order chi connectivity index (χ1) is 12.1. The molecule has 130 valence electrons. The van der Waals surface area contributed by atoms with Gasteiger partial charge >= 0.3 is 0 Å². The lowest BCUT2D eigenvalue weighted by molar-refractivity contribution is 0.182. The van der Waals surface area contributed by atoms with Crippen molar-refractivity contribution in [3.05, 3.63) is 57.4 Å². The van der Waals surface area contributed by atoms with Gasteiger partial charge in [0.1, 0.15) is 5.82 Å². The van der Waals surface area contributed by atoms with Crippen molar-refractivity contribution in [1.29, 1.82) is 0 Å². The molecule has 1 aromatic heterocycles. The molecule has 0 saturated carbocycles. The van der Waals surface area contributed by atoms with Crippen LogP contribution >= 0.6 is 22.6 Å². The molecular formula is C19H20FIN4. The summed E-state index contributed by atoms with van der Waals surface area (Å²) in [5.74, 6) is 0.272. The van der Waals surface area contributed by atoms with Crippen LogP contribution in [-0.2, 0) is 6.54 Å². The van der Waals surface area contributed by atoms with E-state index in [1.807, 2.05) is 33.2 Å². The monoisotopic (exact) mass is 450 g/mol. The zero-order valence-electron chi connectivity index (χ0n) is 13.8. The zero-order chi connectivity index (χ0) is 17.4. The molecule has 1 aliphatic heterocycles. The highest BCUT2D eigenvalue weighted by atomic mass is 127. The van der Waals surface area contributed by atoms with Crippen LogP contribution in [0.5, 0.6) is 0 Å². The van der Waals surface area contributed by atoms with E-state index in [4.69, 9.17) is 5.73 Å². The number of likely N-dealkylation sites (tertiary alicyclic amines) is 1. The Bertz CT molecular complexity index is 885. The van der Waals surface area contributed by atoms with Crippen LogP contribution in [0.3, 0.4) is 0 Å². The van der Waals surface area contributed by atoms with E-state index in [0.29, 0.717) is 9.52 Å². The number of rotatable bonds is 3. The summed E-state index contributed by atoms with van der Waals surface area (Å²) in [7, 11) is 0. The lowest BCUT2D eigenvalue weighted by atomic mass is 10.0. The molecule has 0 bridgehead atoms. The molecule has 1 aliphatic rings. The molecule has 0 atom stereocenters. The summed E-state index contributed by atoms with van der Waals surface area (Å²) in [5.41, 5.74) is 9.07. The molecule has 1 saturated heterocycles. The van der Waals surface area contributed by atoms with E-state index in [1.54, 1.807) is 12.1 Å². The number of nitrogens with two attached hydrogens (primary N) is 1. The largest absolute Gasteiger partial charge is 0.369 e. The van der Waals surface area contributed by atoms with E-state index in [-0.39, 0.29) is 11.9 Å². The lowest BCUT2D eigenvalue weighted by Gasteiger charge is -2.33. The number of halogens is 2. The highest BCUT2D eigenvalue weighted by Crippen LogP contribution is 2.31. The Hall–Kier alpha value is -1.67. The summed E-state index contributed by atoms with van der Waals surface area (Å²) >= 11 is 1.99. The molecule has 6 heteroatoms. The van der Waals surface area contributed by atoms with E-state index < -0.39 is 0 Å². The van der Waals surface area contributed by atoms with Crippen molar-refractivity contribution in [2.24, 2.45) is 0 Å². The number of hydrogen-bond donors (Lipinski definition) is 1. The number of fused-ring (bicyclic) bond motifs is 1. The molecular weight excluding hydrogens is 430 g/mol. The van der Waals surface area contributed by atoms with Crippen molar-refractivity contribution in [3.8, 4) is 0 Å². The molecule has 25 heavy (non-hydrogen) atoms. The van der Waals surface area contributed by atoms with Crippen LogP contribution in [0.25, 0.3) is 11.0 Å². The van der Waals surface area contributed by atoms with Crippen LogP contribution in [0.1, 0.15) is 24.4 Å². The fourth-order valence-corrected chi connectivity index (χ4v) is 4.12. The van der Waals surface area contributed by atoms with Crippen LogP contribution in [0.15, 0.2) is 42.5 Å². The highest BCUT2D eigenvalue weighted by molar-refractivity contribution is 14.1. The van der Waals surface area contributed by atoms with Crippen molar-refractivity contribution in [2.75, 3.05) is 18.8 Å². The minimum Gasteiger partial charge on any atom is -0.369 e. The summed E-state index contributed by atoms with van der Waals surface area (Å²) in [6, 6.07) is 14.1. The van der Waals surface area contributed by atoms with Crippen LogP contribution in [0.2, 0.25) is 0 Å². The van der Waals surface area contributed by atoms with Crippen LogP contribution in [0.4, 0.5) is 10.3 Å². The number of nitrogens with zero attached hydrogens (tertiary/aromatic N) is 3. The second kappa shape index (κ2) is 6.92. The predicted octanol–water partition coefficient (Wildman–Crippen LogP) is 4.20. The van der Waals surface area contributed by atoms with Crippen molar-refractivity contribution in [3.63, 3.8) is 0 Å². The van der Waals surface area contributed by atoms with E-state index in [9.17, 15) is 4.39 Å². The number of imidazole rings is 1. The third-order valence-corrected chi connectivity index (χ3v) is 5.76. The number of piperidine rings is 1. The minimum absolute atomic E-state index is 0.212. The SMILES string of the molecule is Nc1nc2cc(I)c(F)cc2n1C1CCN(Cc2ccccc2)CC1. The lowest BCUT2D eigenvalue weighted by Crippen LogP contribution is -2.34. The summed E-state index contributed by atoms with van der Waals surface area (Å²) in [5, 5.41) is 0. The summed E-state index contributed by atoms with van der Waals surface area (Å²) in [6.45, 7) is 2.98. The third kappa shape index (κ3) is 3.37. The van der Waals surface area contributed by atoms with Gasteiger partial charge in [0.25, 0.3) is 0 Å². The van der Waals surface area contributed by atoms with E-state index >= 15 is 0 Å². The Kier molecular flexibility index (Phi) is 4.64. The van der Waals surface area contributed by atoms with Crippen molar-refractivity contribution >= 4 is 39.6 Å². The molecule has 4 nitrogen and oxygen atoms in total. The third-order valence-electron chi connectivity index (χ3n) is 4.93. The maximum atomic E-state index is 14.0. The number of benzene rings is 2. The molecule has 2 aromatic carbocycles. The van der Waals surface area contributed by atoms with Gasteiger partial charge in [0, 0.05) is 31.7 Å². The quantitative estimate of drug-likeness (QED) is 0.609. The molecule has 2 heterocycles.